The van der Waals surface area contributed by atoms with Crippen LogP contribution in [0.2, 0.25) is 0 Å². The molecular formula is C78H110N14O23S. The van der Waals surface area contributed by atoms with Crippen molar-refractivity contribution in [3.8, 4) is 5.75 Å². The molecule has 15 N–H and O–H groups in total. The van der Waals surface area contributed by atoms with Crippen LogP contribution in [-0.4, -0.2) is 259 Å². The number of likely N-dealkylation sites (N-methyl/N-ethyl adjacent to an activating group) is 2. The summed E-state index contributed by atoms with van der Waals surface area (Å²) < 4.78 is 26.6. The van der Waals surface area contributed by atoms with Crippen molar-refractivity contribution < 1.29 is 111 Å². The molecule has 2 unspecified atom stereocenters. The van der Waals surface area contributed by atoms with E-state index in [4.69, 9.17) is 20.9 Å². The average Bonchev–Trinajstić information content (AvgIpc) is 1.63. The maximum absolute atomic E-state index is 15.3. The Bertz CT molecular complexity index is 4170. The number of aromatic nitrogens is 1. The molecule has 0 spiro atoms. The molecule has 2 saturated heterocycles. The van der Waals surface area contributed by atoms with Crippen LogP contribution in [0.4, 0.5) is 14.4 Å². The lowest BCUT2D eigenvalue weighted by atomic mass is 9.85. The van der Waals surface area contributed by atoms with E-state index < -0.39 is 224 Å². The highest BCUT2D eigenvalue weighted by atomic mass is 32.2. The minimum absolute atomic E-state index is 0.0438. The third-order valence-corrected chi connectivity index (χ3v) is 23.0. The number of aliphatic hydroxyl groups excluding tert-OH is 3. The first kappa shape index (κ1) is 92.6. The monoisotopic (exact) mass is 1640 g/mol. The van der Waals surface area contributed by atoms with E-state index in [2.05, 4.69) is 42.2 Å². The van der Waals surface area contributed by atoms with Crippen molar-refractivity contribution in [1.29, 1.82) is 0 Å². The van der Waals surface area contributed by atoms with Gasteiger partial charge in [-0.25, -0.2) is 14.4 Å². The highest BCUT2D eigenvalue weighted by molar-refractivity contribution is 7.85. The fraction of sp³-hybridized carbons (Fsp3) is 0.603. The summed E-state index contributed by atoms with van der Waals surface area (Å²) in [4.78, 5) is 239. The number of Topliss-reactive ketones (excluding diaryl/α,β-unsaturated/α-hetero) is 4. The van der Waals surface area contributed by atoms with Gasteiger partial charge in [-0.3, -0.25) is 76.2 Å². The number of amides is 14. The van der Waals surface area contributed by atoms with Crippen LogP contribution in [-0.2, 0) is 102 Å². The van der Waals surface area contributed by atoms with Crippen LogP contribution in [0.3, 0.4) is 0 Å². The van der Waals surface area contributed by atoms with Crippen LogP contribution < -0.4 is 53.4 Å². The molecule has 4 aliphatic rings. The fourth-order valence-electron chi connectivity index (χ4n) is 14.2. The fourth-order valence-corrected chi connectivity index (χ4v) is 15.7. The minimum Gasteiger partial charge on any atom is -0.445 e. The average molecular weight is 1640 g/mol. The van der Waals surface area contributed by atoms with E-state index in [0.29, 0.717) is 36.8 Å². The van der Waals surface area contributed by atoms with Crippen molar-refractivity contribution in [2.45, 2.75) is 192 Å². The van der Waals surface area contributed by atoms with Gasteiger partial charge in [0.05, 0.1) is 78.0 Å². The molecule has 14 atom stereocenters. The van der Waals surface area contributed by atoms with E-state index in [-0.39, 0.29) is 134 Å². The van der Waals surface area contributed by atoms with E-state index in [1.54, 1.807) is 58.9 Å². The number of hydrogen-bond acceptors (Lipinski definition) is 23. The molecule has 5 heterocycles. The van der Waals surface area contributed by atoms with Gasteiger partial charge in [-0.2, -0.15) is 0 Å². The van der Waals surface area contributed by atoms with Crippen LogP contribution in [0.25, 0.3) is 10.9 Å². The van der Waals surface area contributed by atoms with Gasteiger partial charge in [0, 0.05) is 133 Å². The number of likely N-dealkylation sites (tertiary alicyclic amines) is 1. The Kier molecular flexibility index (Phi) is 34.6. The molecule has 4 aliphatic heterocycles. The van der Waals surface area contributed by atoms with Crippen molar-refractivity contribution in [2.24, 2.45) is 52.9 Å². The zero-order valence-corrected chi connectivity index (χ0v) is 67.5. The van der Waals surface area contributed by atoms with Gasteiger partial charge in [0.15, 0.2) is 17.3 Å². The van der Waals surface area contributed by atoms with Gasteiger partial charge in [0.1, 0.15) is 35.2 Å². The van der Waals surface area contributed by atoms with E-state index in [9.17, 15) is 96.8 Å². The lowest BCUT2D eigenvalue weighted by Crippen LogP contribution is -2.56. The third-order valence-electron chi connectivity index (χ3n) is 21.5. The Morgan fingerprint density at radius 1 is 0.759 bits per heavy atom. The number of H-pyrrole nitrogens is 1. The molecule has 38 heteroatoms. The predicted octanol–water partition coefficient (Wildman–Crippen LogP) is -0.514. The molecule has 0 radical (unpaired) electrons. The highest BCUT2D eigenvalue weighted by Gasteiger charge is 2.46. The second kappa shape index (κ2) is 43.4. The summed E-state index contributed by atoms with van der Waals surface area (Å²) in [6, 6.07) is 2.46. The lowest BCUT2D eigenvalue weighted by molar-refractivity contribution is -0.145. The van der Waals surface area contributed by atoms with Crippen LogP contribution in [0, 0.1) is 41.4 Å². The Morgan fingerprint density at radius 2 is 1.42 bits per heavy atom. The Morgan fingerprint density at radius 3 is 2.06 bits per heavy atom. The Labute approximate surface area is 673 Å². The largest absolute Gasteiger partial charge is 0.445 e. The van der Waals surface area contributed by atoms with Crippen molar-refractivity contribution in [3.63, 3.8) is 0 Å². The van der Waals surface area contributed by atoms with E-state index in [1.165, 1.54) is 49.0 Å². The Hall–Kier alpha value is -10.6. The van der Waals surface area contributed by atoms with Crippen molar-refractivity contribution >= 4 is 122 Å². The normalized spacial score (nSPS) is 22.8. The number of urea groups is 1. The molecule has 2 bridgehead atoms. The first-order valence-electron chi connectivity index (χ1n) is 39.1. The number of ether oxygens (including phenoxy) is 2. The van der Waals surface area contributed by atoms with Gasteiger partial charge in [-0.1, -0.05) is 78.6 Å². The van der Waals surface area contributed by atoms with E-state index in [1.807, 2.05) is 0 Å². The SMILES string of the molecule is CC[C@H](C)[C@@H]1NC(=O)CNC(=O)[C@@H]2CC(=O)[C@H]([C@@H](C)[C@@H](O)CO)NC(=O)[C@@H]3C[C@@H](O)CN3C(=O)[C@H](CC(N)=O)CC(=O)[C@H](CS(=O)c3[nH]c4cc(OC(=O)N(C)CCN(C)C(=O)OCc5ccc(CC(=O)[C@H](CCCNC(N)=O)NC(=O)[C@@H](CC(=O)CCCCCN6C(=O)CC(C)C6=O)C(C)C)cc5)ccc4c3C2)NC(=O)CNC1=O. The number of carbonyl (C=O) groups is 17. The number of hydrogen-bond donors (Lipinski definition) is 13. The van der Waals surface area contributed by atoms with Crippen molar-refractivity contribution in [1.82, 2.24) is 61.8 Å². The molecular weight excluding hydrogens is 1530 g/mol. The number of unbranched alkanes of at least 4 members (excludes halogenated alkanes) is 2. The van der Waals surface area contributed by atoms with Gasteiger partial charge in [-0.15, -0.1) is 0 Å². The molecule has 0 saturated carbocycles. The Balaban J connectivity index is 1.06. The third kappa shape index (κ3) is 26.2. The predicted molar refractivity (Wildman–Crippen MR) is 415 cm³/mol. The second-order valence-electron chi connectivity index (χ2n) is 30.9. The van der Waals surface area contributed by atoms with E-state index >= 15 is 4.21 Å². The molecule has 0 aliphatic carbocycles. The first-order valence-corrected chi connectivity index (χ1v) is 40.4. The topological polar surface area (TPSA) is 551 Å². The number of nitrogens with two attached hydrogens (primary N) is 2. The number of aliphatic hydroxyl groups is 3. The maximum atomic E-state index is 15.3. The quantitative estimate of drug-likeness (QED) is 0.0285. The van der Waals surface area contributed by atoms with Gasteiger partial charge in [-0.05, 0) is 72.8 Å². The first-order chi connectivity index (χ1) is 54.9. The standard InChI is InChI=1S/C78H110N14O23S/c1-9-42(4)67-72(107)83-35-64(101)84-57-40-116(113)73-54(28-47(69(104)82-36-65(102)87-67)29-61(98)68(44(6)62(99)38-93)88-71(106)58-33-50(95)37-92(58)75(109)48(30-60(57)97)31-63(79)100)52-21-20-51(34-56(52)86-73)115-78(112)90(8)25-24-89(7)77(111)114-39-46-18-16-45(17-19-46)27-59(96)55(15-13-22-81-76(80)110)85-70(105)53(41(2)3)32-49(94)14-11-10-12-23-91-66(103)26-43(5)74(91)108/h16-21,34,41-44,47-48,50,53,55,57-58,62,67-68,86,93,95,99H,9-15,22-33,35-40H2,1-8H3,(H2,79,100)(H,82,104)(H,83,107)(H,84,101)(H,85,105)(H,87,102)(H,88,106)(H3,80,81,110)/t42-,43?,44-,47-,48-,50+,53-,55-,57-,58-,62-,67-,68-,116?/m0/s1. The van der Waals surface area contributed by atoms with Crippen LogP contribution in [0.5, 0.6) is 5.75 Å². The summed E-state index contributed by atoms with van der Waals surface area (Å²) in [5.41, 5.74) is 12.1. The molecule has 7 rings (SSSR count). The number of benzene rings is 2. The molecule has 1 aromatic heterocycles. The maximum Gasteiger partial charge on any atom is 0.415 e. The number of primary amides is 2. The van der Waals surface area contributed by atoms with Crippen LogP contribution in [0.1, 0.15) is 142 Å². The van der Waals surface area contributed by atoms with Crippen molar-refractivity contribution in [3.05, 3.63) is 59.2 Å². The summed E-state index contributed by atoms with van der Waals surface area (Å²) in [7, 11) is 0.305. The van der Waals surface area contributed by atoms with Crippen molar-refractivity contribution in [2.75, 3.05) is 72.3 Å². The number of aromatic amines is 1. The summed E-state index contributed by atoms with van der Waals surface area (Å²) in [5, 5.41) is 49.9. The number of ketones is 4. The van der Waals surface area contributed by atoms with Gasteiger partial charge in [0.25, 0.3) is 0 Å². The molecule has 2 aromatic carbocycles. The lowest BCUT2D eigenvalue weighted by Gasteiger charge is -2.32. The summed E-state index contributed by atoms with van der Waals surface area (Å²) >= 11 is 0. The van der Waals surface area contributed by atoms with E-state index in [0.717, 1.165) is 9.80 Å². The number of nitrogens with one attached hydrogen (secondary N) is 8. The number of fused-ring (bicyclic) bond motifs is 5. The molecule has 2 fully saturated rings. The van der Waals surface area contributed by atoms with Crippen LogP contribution in [0.15, 0.2) is 47.5 Å². The van der Waals surface area contributed by atoms with Gasteiger partial charge in [0.2, 0.25) is 59.1 Å². The highest BCUT2D eigenvalue weighted by Crippen LogP contribution is 2.34. The molecule has 636 valence electrons. The summed E-state index contributed by atoms with van der Waals surface area (Å²) in [5.74, 6) is -17.7. The minimum atomic E-state index is -2.50. The van der Waals surface area contributed by atoms with Gasteiger partial charge >= 0.3 is 18.2 Å². The molecule has 116 heavy (non-hydrogen) atoms. The van der Waals surface area contributed by atoms with Gasteiger partial charge < -0.3 is 93.2 Å². The zero-order valence-electron chi connectivity index (χ0n) is 66.7. The molecule has 14 amide bonds. The summed E-state index contributed by atoms with van der Waals surface area (Å²) in [6.45, 7) is 6.92. The smallest absolute Gasteiger partial charge is 0.415 e. The molecule has 37 nitrogen and oxygen atoms in total. The second-order valence-corrected chi connectivity index (χ2v) is 32.3. The number of nitrogens with zero attached hydrogens (tertiary/aromatic N) is 4. The number of rotatable bonds is 31. The number of imide groups is 1. The van der Waals surface area contributed by atoms with Crippen LogP contribution >= 0.6 is 0 Å². The number of carbonyl (C=O) groups excluding carboxylic acids is 17. The molecule has 3 aromatic rings. The summed E-state index contributed by atoms with van der Waals surface area (Å²) in [6.07, 6.45) is -5.73. The zero-order chi connectivity index (χ0) is 85.5.